The molecular formula is C28H34N6O4. The highest BCUT2D eigenvalue weighted by Crippen LogP contribution is 2.38. The zero-order valence-corrected chi connectivity index (χ0v) is 22.2. The molecule has 38 heavy (non-hydrogen) atoms. The molecule has 0 bridgehead atoms. The number of benzene rings is 2. The van der Waals surface area contributed by atoms with Crippen LogP contribution < -0.4 is 4.74 Å². The number of carbonyl (C=O) groups excluding carboxylic acids is 2. The second-order valence-corrected chi connectivity index (χ2v) is 9.83. The van der Waals surface area contributed by atoms with Crippen LogP contribution in [0, 0.1) is 6.92 Å². The van der Waals surface area contributed by atoms with Crippen LogP contribution in [0.1, 0.15) is 29.8 Å². The Labute approximate surface area is 222 Å². The lowest BCUT2D eigenvalue weighted by Gasteiger charge is -2.42. The molecule has 2 aromatic carbocycles. The number of imide groups is 1. The molecular weight excluding hydrogens is 484 g/mol. The summed E-state index contributed by atoms with van der Waals surface area (Å²) in [6, 6.07) is 17.1. The van der Waals surface area contributed by atoms with Crippen molar-refractivity contribution in [1.82, 2.24) is 29.7 Å². The van der Waals surface area contributed by atoms with Crippen molar-refractivity contribution in [2.45, 2.75) is 38.4 Å². The lowest BCUT2D eigenvalue weighted by Crippen LogP contribution is -2.57. The number of piperidine rings is 1. The average molecular weight is 519 g/mol. The van der Waals surface area contributed by atoms with Gasteiger partial charge in [-0.25, -0.2) is 4.79 Å². The molecule has 10 nitrogen and oxygen atoms in total. The van der Waals surface area contributed by atoms with Gasteiger partial charge in [-0.1, -0.05) is 30.3 Å². The number of aromatic nitrogens is 3. The van der Waals surface area contributed by atoms with Gasteiger partial charge in [0.15, 0.2) is 0 Å². The largest absolute Gasteiger partial charge is 0.497 e. The molecule has 1 spiro atoms. The van der Waals surface area contributed by atoms with Gasteiger partial charge < -0.3 is 14.4 Å². The van der Waals surface area contributed by atoms with Crippen molar-refractivity contribution in [3.63, 3.8) is 0 Å². The van der Waals surface area contributed by atoms with Crippen LogP contribution in [-0.2, 0) is 22.6 Å². The molecule has 2 aliphatic rings. The molecule has 2 fully saturated rings. The van der Waals surface area contributed by atoms with Gasteiger partial charge in [0.05, 0.1) is 31.6 Å². The standard InChI is InChI=1S/C28H34N6O4/c1-21-25(30-34(29-21)23-9-5-4-6-10-23)20-31-14-12-28(13-15-31)26(35)32(27(36)33(28)16-17-37-2)19-22-8-7-11-24(18-22)38-3/h4-11,18H,12-17,19-20H2,1-3H3. The first kappa shape index (κ1) is 25.9. The number of aryl methyl sites for hydroxylation is 1. The Balaban J connectivity index is 1.31. The van der Waals surface area contributed by atoms with Crippen LogP contribution >= 0.6 is 0 Å². The molecule has 3 amide bonds. The average Bonchev–Trinajstić information content (AvgIpc) is 3.40. The van der Waals surface area contributed by atoms with Crippen LogP contribution in [-0.4, -0.2) is 87.6 Å². The summed E-state index contributed by atoms with van der Waals surface area (Å²) in [5, 5.41) is 9.31. The fourth-order valence-electron chi connectivity index (χ4n) is 5.38. The Morgan fingerprint density at radius 2 is 1.71 bits per heavy atom. The van der Waals surface area contributed by atoms with Crippen molar-refractivity contribution in [1.29, 1.82) is 0 Å². The van der Waals surface area contributed by atoms with Gasteiger partial charge in [0.25, 0.3) is 5.91 Å². The lowest BCUT2D eigenvalue weighted by molar-refractivity contribution is -0.136. The Morgan fingerprint density at radius 3 is 2.42 bits per heavy atom. The second-order valence-electron chi connectivity index (χ2n) is 9.83. The van der Waals surface area contributed by atoms with E-state index < -0.39 is 5.54 Å². The minimum atomic E-state index is -0.859. The summed E-state index contributed by atoms with van der Waals surface area (Å²) in [5.41, 5.74) is 2.70. The van der Waals surface area contributed by atoms with Gasteiger partial charge in [0.2, 0.25) is 0 Å². The maximum Gasteiger partial charge on any atom is 0.328 e. The van der Waals surface area contributed by atoms with E-state index in [1.807, 2.05) is 61.5 Å². The van der Waals surface area contributed by atoms with Crippen molar-refractivity contribution in [3.05, 3.63) is 71.5 Å². The third kappa shape index (κ3) is 4.89. The molecule has 0 atom stereocenters. The summed E-state index contributed by atoms with van der Waals surface area (Å²) in [4.78, 5) is 34.4. The molecule has 0 aliphatic carbocycles. The van der Waals surface area contributed by atoms with Gasteiger partial charge in [-0.3, -0.25) is 14.6 Å². The molecule has 0 saturated carbocycles. The van der Waals surface area contributed by atoms with Crippen LogP contribution in [0.5, 0.6) is 5.75 Å². The molecule has 2 aliphatic heterocycles. The number of likely N-dealkylation sites (tertiary alicyclic amines) is 1. The molecule has 10 heteroatoms. The smallest absolute Gasteiger partial charge is 0.328 e. The van der Waals surface area contributed by atoms with E-state index in [1.165, 1.54) is 4.90 Å². The van der Waals surface area contributed by atoms with E-state index in [9.17, 15) is 9.59 Å². The van der Waals surface area contributed by atoms with Crippen molar-refractivity contribution in [3.8, 4) is 11.4 Å². The number of para-hydroxylation sites is 1. The Morgan fingerprint density at radius 1 is 0.947 bits per heavy atom. The van der Waals surface area contributed by atoms with E-state index in [2.05, 4.69) is 10.00 Å². The van der Waals surface area contributed by atoms with Gasteiger partial charge in [-0.05, 0) is 49.6 Å². The molecule has 3 heterocycles. The number of hydrogen-bond donors (Lipinski definition) is 0. The maximum atomic E-state index is 13.9. The number of urea groups is 1. The van der Waals surface area contributed by atoms with Gasteiger partial charge in [0, 0.05) is 33.3 Å². The van der Waals surface area contributed by atoms with Gasteiger partial charge in [-0.2, -0.15) is 15.0 Å². The highest BCUT2D eigenvalue weighted by atomic mass is 16.5. The first-order valence-electron chi connectivity index (χ1n) is 12.9. The normalized spacial score (nSPS) is 17.6. The molecule has 0 N–H and O–H groups in total. The topological polar surface area (TPSA) is 93.0 Å². The van der Waals surface area contributed by atoms with Crippen LogP contribution in [0.25, 0.3) is 5.69 Å². The summed E-state index contributed by atoms with van der Waals surface area (Å²) in [6.45, 7) is 4.92. The third-order valence-corrected chi connectivity index (χ3v) is 7.54. The highest BCUT2D eigenvalue weighted by molar-refractivity contribution is 6.07. The zero-order chi connectivity index (χ0) is 26.7. The van der Waals surface area contributed by atoms with Crippen molar-refractivity contribution < 1.29 is 19.1 Å². The molecule has 1 aromatic heterocycles. The SMILES string of the molecule is COCCN1C(=O)N(Cc2cccc(OC)c2)C(=O)C12CCN(Cc1nn(-c3ccccc3)nc1C)CC2. The van der Waals surface area contributed by atoms with E-state index in [-0.39, 0.29) is 18.5 Å². The summed E-state index contributed by atoms with van der Waals surface area (Å²) in [7, 11) is 3.21. The lowest BCUT2D eigenvalue weighted by atomic mass is 9.85. The van der Waals surface area contributed by atoms with Crippen molar-refractivity contribution in [2.24, 2.45) is 0 Å². The van der Waals surface area contributed by atoms with E-state index in [0.29, 0.717) is 51.4 Å². The molecule has 3 aromatic rings. The summed E-state index contributed by atoms with van der Waals surface area (Å²) >= 11 is 0. The van der Waals surface area contributed by atoms with E-state index in [0.717, 1.165) is 22.6 Å². The summed E-state index contributed by atoms with van der Waals surface area (Å²) < 4.78 is 10.6. The Kier molecular flexibility index (Phi) is 7.44. The first-order valence-corrected chi connectivity index (χ1v) is 12.9. The van der Waals surface area contributed by atoms with Crippen LogP contribution in [0.3, 0.4) is 0 Å². The van der Waals surface area contributed by atoms with Crippen LogP contribution in [0.4, 0.5) is 4.79 Å². The maximum absolute atomic E-state index is 13.9. The summed E-state index contributed by atoms with van der Waals surface area (Å²) in [5.74, 6) is 0.563. The monoisotopic (exact) mass is 518 g/mol. The molecule has 0 unspecified atom stereocenters. The fourth-order valence-corrected chi connectivity index (χ4v) is 5.38. The van der Waals surface area contributed by atoms with Crippen LogP contribution in [0.15, 0.2) is 54.6 Å². The second kappa shape index (κ2) is 10.9. The quantitative estimate of drug-likeness (QED) is 0.402. The van der Waals surface area contributed by atoms with Crippen LogP contribution in [0.2, 0.25) is 0 Å². The number of ether oxygens (including phenoxy) is 2. The van der Waals surface area contributed by atoms with Gasteiger partial charge in [0.1, 0.15) is 17.0 Å². The number of methoxy groups -OCH3 is 2. The molecule has 200 valence electrons. The Bertz CT molecular complexity index is 1290. The predicted octanol–water partition coefficient (Wildman–Crippen LogP) is 3.03. The Hall–Kier alpha value is -3.76. The van der Waals surface area contributed by atoms with Crippen molar-refractivity contribution >= 4 is 11.9 Å². The number of carbonyl (C=O) groups is 2. The first-order chi connectivity index (χ1) is 18.4. The highest BCUT2D eigenvalue weighted by Gasteiger charge is 2.57. The van der Waals surface area contributed by atoms with E-state index >= 15 is 0 Å². The summed E-state index contributed by atoms with van der Waals surface area (Å²) in [6.07, 6.45) is 1.11. The number of rotatable bonds is 9. The number of hydrogen-bond acceptors (Lipinski definition) is 7. The zero-order valence-electron chi connectivity index (χ0n) is 22.2. The minimum absolute atomic E-state index is 0.132. The number of nitrogens with zero attached hydrogens (tertiary/aromatic N) is 6. The fraction of sp³-hybridized carbons (Fsp3) is 0.429. The molecule has 2 saturated heterocycles. The van der Waals surface area contributed by atoms with Crippen molar-refractivity contribution in [2.75, 3.05) is 40.5 Å². The van der Waals surface area contributed by atoms with Gasteiger partial charge in [-0.15, -0.1) is 0 Å². The third-order valence-electron chi connectivity index (χ3n) is 7.54. The van der Waals surface area contributed by atoms with E-state index in [4.69, 9.17) is 14.6 Å². The van der Waals surface area contributed by atoms with Gasteiger partial charge >= 0.3 is 6.03 Å². The number of amides is 3. The molecule has 5 rings (SSSR count). The predicted molar refractivity (Wildman–Crippen MR) is 141 cm³/mol. The minimum Gasteiger partial charge on any atom is -0.497 e. The molecule has 0 radical (unpaired) electrons. The van der Waals surface area contributed by atoms with E-state index in [1.54, 1.807) is 23.9 Å².